The van der Waals surface area contributed by atoms with E-state index < -0.39 is 0 Å². The summed E-state index contributed by atoms with van der Waals surface area (Å²) >= 11 is 0. The third-order valence-corrected chi connectivity index (χ3v) is 4.33. The zero-order valence-electron chi connectivity index (χ0n) is 14.9. The number of likely N-dealkylation sites (tertiary alicyclic amines) is 1. The van der Waals surface area contributed by atoms with Gasteiger partial charge in [-0.3, -0.25) is 0 Å². The molecule has 1 aromatic carbocycles. The van der Waals surface area contributed by atoms with Crippen molar-refractivity contribution in [1.29, 1.82) is 0 Å². The highest BCUT2D eigenvalue weighted by Crippen LogP contribution is 2.28. The van der Waals surface area contributed by atoms with Gasteiger partial charge in [-0.15, -0.1) is 0 Å². The molecule has 0 saturated carbocycles. The molecule has 1 aromatic rings. The topological polar surface area (TPSA) is 33.7 Å². The molecule has 1 saturated heterocycles. The standard InChI is InChI=1S/C19H32N2O2/c1-4-12-23-19-13-17(8-9-18(19)22-3)14-20-16(2)15-21-10-6-5-7-11-21/h8-9,13,16,20H,4-7,10-12,14-15H2,1-3H3/t16-/m1/s1. The van der Waals surface area contributed by atoms with Crippen LogP contribution in [-0.4, -0.2) is 44.3 Å². The fourth-order valence-electron chi connectivity index (χ4n) is 3.04. The molecule has 0 bridgehead atoms. The number of hydrogen-bond donors (Lipinski definition) is 1. The molecule has 2 rings (SSSR count). The van der Waals surface area contributed by atoms with Gasteiger partial charge in [0, 0.05) is 19.1 Å². The predicted octanol–water partition coefficient (Wildman–Crippen LogP) is 3.45. The number of nitrogens with zero attached hydrogens (tertiary/aromatic N) is 1. The molecule has 4 nitrogen and oxygen atoms in total. The Morgan fingerprint density at radius 3 is 2.65 bits per heavy atom. The lowest BCUT2D eigenvalue weighted by Crippen LogP contribution is -2.41. The van der Waals surface area contributed by atoms with E-state index in [0.29, 0.717) is 6.04 Å². The minimum Gasteiger partial charge on any atom is -0.493 e. The van der Waals surface area contributed by atoms with Gasteiger partial charge in [0.05, 0.1) is 13.7 Å². The SMILES string of the molecule is CCCOc1cc(CN[C@H](C)CN2CCCCC2)ccc1OC. The Morgan fingerprint density at radius 1 is 1.17 bits per heavy atom. The Balaban J connectivity index is 1.83. The lowest BCUT2D eigenvalue weighted by atomic mass is 10.1. The molecule has 1 N–H and O–H groups in total. The first-order valence-electron chi connectivity index (χ1n) is 8.98. The van der Waals surface area contributed by atoms with E-state index in [1.165, 1.54) is 37.9 Å². The number of piperidine rings is 1. The average molecular weight is 320 g/mol. The summed E-state index contributed by atoms with van der Waals surface area (Å²) in [4.78, 5) is 2.57. The summed E-state index contributed by atoms with van der Waals surface area (Å²) in [6.07, 6.45) is 5.09. The molecule has 1 heterocycles. The van der Waals surface area contributed by atoms with Gasteiger partial charge in [0.25, 0.3) is 0 Å². The Hall–Kier alpha value is -1.26. The second kappa shape index (κ2) is 9.78. The summed E-state index contributed by atoms with van der Waals surface area (Å²) in [5, 5.41) is 3.63. The zero-order chi connectivity index (χ0) is 16.5. The van der Waals surface area contributed by atoms with Gasteiger partial charge in [0.1, 0.15) is 0 Å². The summed E-state index contributed by atoms with van der Waals surface area (Å²) in [5.41, 5.74) is 1.24. The maximum absolute atomic E-state index is 5.79. The first-order valence-corrected chi connectivity index (χ1v) is 8.98. The van der Waals surface area contributed by atoms with E-state index in [-0.39, 0.29) is 0 Å². The van der Waals surface area contributed by atoms with Gasteiger partial charge in [-0.25, -0.2) is 0 Å². The Kier molecular flexibility index (Phi) is 7.69. The predicted molar refractivity (Wildman–Crippen MR) is 95.4 cm³/mol. The first-order chi connectivity index (χ1) is 11.2. The highest BCUT2D eigenvalue weighted by atomic mass is 16.5. The first kappa shape index (κ1) is 18.1. The van der Waals surface area contributed by atoms with Crippen molar-refractivity contribution in [3.05, 3.63) is 23.8 Å². The highest BCUT2D eigenvalue weighted by Gasteiger charge is 2.13. The molecule has 1 aliphatic heterocycles. The maximum Gasteiger partial charge on any atom is 0.161 e. The molecular formula is C19H32N2O2. The second-order valence-corrected chi connectivity index (χ2v) is 6.48. The molecule has 1 fully saturated rings. The van der Waals surface area contributed by atoms with Crippen LogP contribution in [0.2, 0.25) is 0 Å². The monoisotopic (exact) mass is 320 g/mol. The van der Waals surface area contributed by atoms with Crippen LogP contribution in [0.1, 0.15) is 45.1 Å². The summed E-state index contributed by atoms with van der Waals surface area (Å²) in [7, 11) is 1.69. The lowest BCUT2D eigenvalue weighted by Gasteiger charge is -2.29. The number of hydrogen-bond acceptors (Lipinski definition) is 4. The van der Waals surface area contributed by atoms with E-state index in [2.05, 4.69) is 36.2 Å². The van der Waals surface area contributed by atoms with E-state index in [0.717, 1.165) is 37.6 Å². The van der Waals surface area contributed by atoms with Gasteiger partial charge in [-0.05, 0) is 57.0 Å². The highest BCUT2D eigenvalue weighted by molar-refractivity contribution is 5.42. The van der Waals surface area contributed by atoms with Crippen molar-refractivity contribution in [3.63, 3.8) is 0 Å². The third kappa shape index (κ3) is 6.04. The van der Waals surface area contributed by atoms with Crippen molar-refractivity contribution in [2.45, 2.75) is 52.1 Å². The molecule has 23 heavy (non-hydrogen) atoms. The molecule has 1 atom stereocenters. The summed E-state index contributed by atoms with van der Waals surface area (Å²) in [6, 6.07) is 6.69. The quantitative estimate of drug-likeness (QED) is 0.755. The van der Waals surface area contributed by atoms with Gasteiger partial charge < -0.3 is 19.7 Å². The van der Waals surface area contributed by atoms with Crippen molar-refractivity contribution >= 4 is 0 Å². The minimum atomic E-state index is 0.496. The van der Waals surface area contributed by atoms with Crippen LogP contribution in [0.15, 0.2) is 18.2 Å². The fourth-order valence-corrected chi connectivity index (χ4v) is 3.04. The molecule has 0 radical (unpaired) electrons. The summed E-state index contributed by atoms with van der Waals surface area (Å²) in [6.45, 7) is 9.61. The number of methoxy groups -OCH3 is 1. The maximum atomic E-state index is 5.79. The number of nitrogens with one attached hydrogen (secondary N) is 1. The molecular weight excluding hydrogens is 288 g/mol. The van der Waals surface area contributed by atoms with Crippen LogP contribution in [0.25, 0.3) is 0 Å². The summed E-state index contributed by atoms with van der Waals surface area (Å²) < 4.78 is 11.2. The largest absolute Gasteiger partial charge is 0.493 e. The van der Waals surface area contributed by atoms with E-state index in [4.69, 9.17) is 9.47 Å². The van der Waals surface area contributed by atoms with Gasteiger partial charge in [0.2, 0.25) is 0 Å². The number of rotatable bonds is 9. The van der Waals surface area contributed by atoms with Crippen molar-refractivity contribution < 1.29 is 9.47 Å². The van der Waals surface area contributed by atoms with E-state index in [9.17, 15) is 0 Å². The van der Waals surface area contributed by atoms with Crippen molar-refractivity contribution in [2.24, 2.45) is 0 Å². The van der Waals surface area contributed by atoms with Gasteiger partial charge in [0.15, 0.2) is 11.5 Å². The van der Waals surface area contributed by atoms with Gasteiger partial charge in [-0.2, -0.15) is 0 Å². The van der Waals surface area contributed by atoms with Crippen LogP contribution in [-0.2, 0) is 6.54 Å². The minimum absolute atomic E-state index is 0.496. The van der Waals surface area contributed by atoms with Crippen LogP contribution < -0.4 is 14.8 Å². The molecule has 0 spiro atoms. The van der Waals surface area contributed by atoms with Crippen molar-refractivity contribution in [1.82, 2.24) is 10.2 Å². The van der Waals surface area contributed by atoms with E-state index in [1.807, 2.05) is 6.07 Å². The average Bonchev–Trinajstić information content (AvgIpc) is 2.59. The molecule has 4 heteroatoms. The molecule has 0 unspecified atom stereocenters. The Morgan fingerprint density at radius 2 is 1.96 bits per heavy atom. The van der Waals surface area contributed by atoms with E-state index in [1.54, 1.807) is 7.11 Å². The Labute approximate surface area is 141 Å². The lowest BCUT2D eigenvalue weighted by molar-refractivity contribution is 0.209. The second-order valence-electron chi connectivity index (χ2n) is 6.48. The normalized spacial score (nSPS) is 17.0. The van der Waals surface area contributed by atoms with Crippen LogP contribution in [0, 0.1) is 0 Å². The van der Waals surface area contributed by atoms with Gasteiger partial charge >= 0.3 is 0 Å². The number of benzene rings is 1. The molecule has 130 valence electrons. The molecule has 0 aromatic heterocycles. The van der Waals surface area contributed by atoms with Crippen molar-refractivity contribution in [2.75, 3.05) is 33.4 Å². The van der Waals surface area contributed by atoms with Gasteiger partial charge in [-0.1, -0.05) is 19.4 Å². The van der Waals surface area contributed by atoms with Crippen LogP contribution >= 0.6 is 0 Å². The fraction of sp³-hybridized carbons (Fsp3) is 0.684. The van der Waals surface area contributed by atoms with Crippen LogP contribution in [0.4, 0.5) is 0 Å². The zero-order valence-corrected chi connectivity index (χ0v) is 14.9. The third-order valence-electron chi connectivity index (χ3n) is 4.33. The number of ether oxygens (including phenoxy) is 2. The molecule has 0 aliphatic carbocycles. The van der Waals surface area contributed by atoms with Crippen molar-refractivity contribution in [3.8, 4) is 11.5 Å². The molecule has 1 aliphatic rings. The smallest absolute Gasteiger partial charge is 0.161 e. The Bertz CT molecular complexity index is 459. The summed E-state index contributed by atoms with van der Waals surface area (Å²) in [5.74, 6) is 1.65. The van der Waals surface area contributed by atoms with E-state index >= 15 is 0 Å². The van der Waals surface area contributed by atoms with Crippen LogP contribution in [0.3, 0.4) is 0 Å². The van der Waals surface area contributed by atoms with Crippen LogP contribution in [0.5, 0.6) is 11.5 Å². The molecule has 0 amide bonds.